The van der Waals surface area contributed by atoms with Crippen molar-refractivity contribution in [2.24, 2.45) is 17.8 Å². The maximum Gasteiger partial charge on any atom is 0.231 e. The Kier molecular flexibility index (Phi) is 4.03. The predicted molar refractivity (Wildman–Crippen MR) is 97.2 cm³/mol. The number of nitrogens with one attached hydrogen (secondary N) is 1. The van der Waals surface area contributed by atoms with Gasteiger partial charge in [0.1, 0.15) is 0 Å². The van der Waals surface area contributed by atoms with Crippen LogP contribution in [-0.2, 0) is 4.79 Å². The van der Waals surface area contributed by atoms with E-state index in [0.717, 1.165) is 31.2 Å². The topological polar surface area (TPSA) is 68.0 Å². The lowest BCUT2D eigenvalue weighted by atomic mass is 9.78. The number of hydrogen-bond donors (Lipinski definition) is 1. The molecule has 26 heavy (non-hydrogen) atoms. The van der Waals surface area contributed by atoms with Gasteiger partial charge in [-0.2, -0.15) is 4.98 Å². The highest BCUT2D eigenvalue weighted by atomic mass is 16.5. The van der Waals surface area contributed by atoms with E-state index in [0.29, 0.717) is 29.6 Å². The van der Waals surface area contributed by atoms with Gasteiger partial charge in [0.25, 0.3) is 0 Å². The minimum atomic E-state index is -0.00146. The summed E-state index contributed by atoms with van der Waals surface area (Å²) in [6, 6.07) is 10.3. The number of fused-ring (bicyclic) bond motifs is 2. The Morgan fingerprint density at radius 2 is 1.81 bits per heavy atom. The number of nitrogens with zero attached hydrogens (tertiary/aromatic N) is 2. The van der Waals surface area contributed by atoms with Crippen LogP contribution in [0.2, 0.25) is 0 Å². The van der Waals surface area contributed by atoms with E-state index in [1.54, 1.807) is 0 Å². The predicted octanol–water partition coefficient (Wildman–Crippen LogP) is 3.93. The molecule has 0 spiro atoms. The van der Waals surface area contributed by atoms with Crippen molar-refractivity contribution in [3.63, 3.8) is 0 Å². The van der Waals surface area contributed by atoms with Crippen LogP contribution in [0.25, 0.3) is 11.4 Å². The highest BCUT2D eigenvalue weighted by molar-refractivity contribution is 5.81. The number of carbonyl (C=O) groups is 1. The van der Waals surface area contributed by atoms with Crippen LogP contribution in [-0.4, -0.2) is 22.1 Å². The van der Waals surface area contributed by atoms with E-state index in [2.05, 4.69) is 15.5 Å². The van der Waals surface area contributed by atoms with Crippen LogP contribution in [0, 0.1) is 17.8 Å². The summed E-state index contributed by atoms with van der Waals surface area (Å²) in [7, 11) is 0. The molecule has 3 aliphatic rings. The molecule has 3 saturated carbocycles. The van der Waals surface area contributed by atoms with Crippen molar-refractivity contribution in [1.29, 1.82) is 0 Å². The number of benzene rings is 1. The Bertz CT molecular complexity index is 782. The minimum absolute atomic E-state index is 0.00146. The summed E-state index contributed by atoms with van der Waals surface area (Å²) in [5.74, 6) is 2.55. The van der Waals surface area contributed by atoms with Crippen molar-refractivity contribution in [1.82, 2.24) is 15.5 Å². The first-order chi connectivity index (χ1) is 12.8. The van der Waals surface area contributed by atoms with Crippen molar-refractivity contribution < 1.29 is 9.32 Å². The van der Waals surface area contributed by atoms with Gasteiger partial charge in [-0.1, -0.05) is 48.3 Å². The van der Waals surface area contributed by atoms with Crippen LogP contribution in [0.15, 0.2) is 34.9 Å². The molecule has 3 aliphatic carbocycles. The number of carbonyl (C=O) groups excluding carboxylic acids is 1. The maximum absolute atomic E-state index is 13.1. The maximum atomic E-state index is 13.1. The van der Waals surface area contributed by atoms with E-state index in [4.69, 9.17) is 4.52 Å². The van der Waals surface area contributed by atoms with Gasteiger partial charge in [0, 0.05) is 11.6 Å². The first-order valence-electron chi connectivity index (χ1n) is 9.99. The second kappa shape index (κ2) is 6.53. The number of aromatic nitrogens is 2. The third-order valence-electron chi connectivity index (χ3n) is 6.68. The Balaban J connectivity index is 1.39. The Morgan fingerprint density at radius 3 is 2.62 bits per heavy atom. The Hall–Kier alpha value is -2.17. The lowest BCUT2D eigenvalue weighted by molar-refractivity contribution is -0.128. The van der Waals surface area contributed by atoms with Gasteiger partial charge >= 0.3 is 0 Å². The van der Waals surface area contributed by atoms with E-state index in [-0.39, 0.29) is 17.7 Å². The van der Waals surface area contributed by atoms with Gasteiger partial charge in [0.15, 0.2) is 0 Å². The summed E-state index contributed by atoms with van der Waals surface area (Å²) >= 11 is 0. The average molecular weight is 351 g/mol. The van der Waals surface area contributed by atoms with E-state index in [1.807, 2.05) is 30.3 Å². The van der Waals surface area contributed by atoms with Crippen molar-refractivity contribution in [3.05, 3.63) is 36.2 Å². The molecule has 0 aliphatic heterocycles. The summed E-state index contributed by atoms with van der Waals surface area (Å²) in [6.07, 6.45) is 8.15. The Labute approximate surface area is 153 Å². The van der Waals surface area contributed by atoms with Gasteiger partial charge < -0.3 is 9.84 Å². The fraction of sp³-hybridized carbons (Fsp3) is 0.571. The number of amides is 1. The first kappa shape index (κ1) is 16.0. The zero-order valence-electron chi connectivity index (χ0n) is 14.9. The molecule has 2 aromatic rings. The zero-order chi connectivity index (χ0) is 17.5. The molecule has 0 radical (unpaired) electrons. The van der Waals surface area contributed by atoms with E-state index >= 15 is 0 Å². The standard InChI is InChI=1S/C21H25N3O2/c25-20(22-16-8-4-5-9-16)17-14-10-11-15(12-14)18(17)21-23-19(24-26-21)13-6-2-1-3-7-13/h1-3,6-7,14-18H,4-5,8-12H2,(H,22,25)/t14-,15+,17-,18-/m0/s1. The van der Waals surface area contributed by atoms with E-state index < -0.39 is 0 Å². The third kappa shape index (κ3) is 2.74. The zero-order valence-corrected chi connectivity index (χ0v) is 14.9. The van der Waals surface area contributed by atoms with Crippen molar-refractivity contribution in [3.8, 4) is 11.4 Å². The summed E-state index contributed by atoms with van der Waals surface area (Å²) in [5, 5.41) is 7.51. The van der Waals surface area contributed by atoms with Gasteiger partial charge in [-0.05, 0) is 43.9 Å². The van der Waals surface area contributed by atoms with Crippen molar-refractivity contribution in [2.45, 2.75) is 56.9 Å². The average Bonchev–Trinajstić information content (AvgIpc) is 3.44. The largest absolute Gasteiger partial charge is 0.353 e. The smallest absolute Gasteiger partial charge is 0.231 e. The van der Waals surface area contributed by atoms with Crippen LogP contribution in [0.3, 0.4) is 0 Å². The minimum Gasteiger partial charge on any atom is -0.353 e. The molecule has 5 rings (SSSR count). The molecule has 1 heterocycles. The lowest BCUT2D eigenvalue weighted by Crippen LogP contribution is -2.41. The van der Waals surface area contributed by atoms with Crippen LogP contribution >= 0.6 is 0 Å². The Morgan fingerprint density at radius 1 is 1.04 bits per heavy atom. The molecule has 0 unspecified atom stereocenters. The highest BCUT2D eigenvalue weighted by Crippen LogP contribution is 2.56. The monoisotopic (exact) mass is 351 g/mol. The molecular weight excluding hydrogens is 326 g/mol. The SMILES string of the molecule is O=C(NC1CCCC1)[C@H]1[C@H]2CC[C@H](C2)[C@@H]1c1nc(-c2ccccc2)no1. The fourth-order valence-corrected chi connectivity index (χ4v) is 5.47. The molecule has 5 nitrogen and oxygen atoms in total. The van der Waals surface area contributed by atoms with Gasteiger partial charge in [-0.3, -0.25) is 4.79 Å². The molecule has 1 aromatic heterocycles. The molecule has 3 fully saturated rings. The summed E-state index contributed by atoms with van der Waals surface area (Å²) in [4.78, 5) is 17.7. The van der Waals surface area contributed by atoms with E-state index in [1.165, 1.54) is 19.3 Å². The molecule has 2 bridgehead atoms. The third-order valence-corrected chi connectivity index (χ3v) is 6.68. The molecule has 1 aromatic carbocycles. The second-order valence-corrected chi connectivity index (χ2v) is 8.20. The van der Waals surface area contributed by atoms with Crippen LogP contribution in [0.1, 0.15) is 56.8 Å². The molecule has 4 atom stereocenters. The van der Waals surface area contributed by atoms with Crippen LogP contribution in [0.4, 0.5) is 0 Å². The number of rotatable bonds is 4. The van der Waals surface area contributed by atoms with Crippen LogP contribution < -0.4 is 5.32 Å². The second-order valence-electron chi connectivity index (χ2n) is 8.20. The molecule has 5 heteroatoms. The highest BCUT2D eigenvalue weighted by Gasteiger charge is 2.53. The molecule has 1 amide bonds. The number of hydrogen-bond acceptors (Lipinski definition) is 4. The van der Waals surface area contributed by atoms with Gasteiger partial charge in [-0.15, -0.1) is 0 Å². The first-order valence-corrected chi connectivity index (χ1v) is 9.99. The quantitative estimate of drug-likeness (QED) is 0.906. The van der Waals surface area contributed by atoms with Gasteiger partial charge in [-0.25, -0.2) is 0 Å². The van der Waals surface area contributed by atoms with Crippen molar-refractivity contribution in [2.75, 3.05) is 0 Å². The summed E-state index contributed by atoms with van der Waals surface area (Å²) in [6.45, 7) is 0. The summed E-state index contributed by atoms with van der Waals surface area (Å²) < 4.78 is 5.66. The lowest BCUT2D eigenvalue weighted by Gasteiger charge is -2.28. The van der Waals surface area contributed by atoms with Crippen LogP contribution in [0.5, 0.6) is 0 Å². The molecule has 1 N–H and O–H groups in total. The molecule has 136 valence electrons. The normalized spacial score (nSPS) is 30.8. The molecule has 0 saturated heterocycles. The van der Waals surface area contributed by atoms with E-state index in [9.17, 15) is 4.79 Å². The van der Waals surface area contributed by atoms with Gasteiger partial charge in [0.2, 0.25) is 17.6 Å². The molecular formula is C21H25N3O2. The van der Waals surface area contributed by atoms with Gasteiger partial charge in [0.05, 0.1) is 11.8 Å². The summed E-state index contributed by atoms with van der Waals surface area (Å²) in [5.41, 5.74) is 0.956. The fourth-order valence-electron chi connectivity index (χ4n) is 5.47. The van der Waals surface area contributed by atoms with Crippen molar-refractivity contribution >= 4 is 5.91 Å².